The maximum Gasteiger partial charge on any atom is 0.223 e. The highest BCUT2D eigenvalue weighted by molar-refractivity contribution is 7.80. The molecule has 2 nitrogen and oxygen atoms in total. The fraction of sp³-hybridized carbons (Fsp3) is 0.875. The molecule has 0 spiro atoms. The number of carbonyl (C=O) groups excluding carboxylic acids is 1. The summed E-state index contributed by atoms with van der Waals surface area (Å²) in [6, 6.07) is 0.354. The summed E-state index contributed by atoms with van der Waals surface area (Å²) in [7, 11) is 0. The van der Waals surface area contributed by atoms with Gasteiger partial charge < -0.3 is 4.90 Å². The van der Waals surface area contributed by atoms with Crippen molar-refractivity contribution in [2.24, 2.45) is 5.92 Å². The Hall–Kier alpha value is -0.180. The van der Waals surface area contributed by atoms with Crippen LogP contribution in [0.4, 0.5) is 0 Å². The second-order valence-corrected chi connectivity index (χ2v) is 3.76. The molecule has 1 aliphatic heterocycles. The lowest BCUT2D eigenvalue weighted by Gasteiger charge is -2.20. The van der Waals surface area contributed by atoms with Crippen LogP contribution >= 0.6 is 12.6 Å². The van der Waals surface area contributed by atoms with Gasteiger partial charge >= 0.3 is 0 Å². The second-order valence-electron chi connectivity index (χ2n) is 3.39. The Kier molecular flexibility index (Phi) is 2.82. The molecule has 1 amide bonds. The molecule has 1 fully saturated rings. The topological polar surface area (TPSA) is 20.3 Å². The van der Waals surface area contributed by atoms with Crippen molar-refractivity contribution in [2.45, 2.75) is 26.3 Å². The molecule has 0 aliphatic carbocycles. The van der Waals surface area contributed by atoms with E-state index in [2.05, 4.69) is 26.5 Å². The number of likely N-dealkylation sites (tertiary alicyclic amines) is 1. The number of hydrogen-bond donors (Lipinski definition) is 1. The van der Waals surface area contributed by atoms with Gasteiger partial charge in [-0.15, -0.1) is 0 Å². The number of hydrogen-bond acceptors (Lipinski definition) is 2. The minimum absolute atomic E-state index is 0.291. The largest absolute Gasteiger partial charge is 0.340 e. The predicted molar refractivity (Wildman–Crippen MR) is 48.8 cm³/mol. The van der Waals surface area contributed by atoms with E-state index in [4.69, 9.17) is 0 Å². The van der Waals surface area contributed by atoms with Crippen molar-refractivity contribution in [3.05, 3.63) is 0 Å². The van der Waals surface area contributed by atoms with Crippen LogP contribution in [0.3, 0.4) is 0 Å². The minimum atomic E-state index is 0.291. The lowest BCUT2D eigenvalue weighted by molar-refractivity contribution is -0.129. The summed E-state index contributed by atoms with van der Waals surface area (Å²) in [5, 5.41) is 0. The Morgan fingerprint density at radius 1 is 1.73 bits per heavy atom. The average Bonchev–Trinajstić information content (AvgIpc) is 2.30. The zero-order valence-corrected chi connectivity index (χ0v) is 7.97. The number of rotatable bonds is 2. The van der Waals surface area contributed by atoms with Gasteiger partial charge in [-0.3, -0.25) is 4.79 Å². The van der Waals surface area contributed by atoms with Gasteiger partial charge in [-0.2, -0.15) is 12.6 Å². The Balaban J connectivity index is 2.52. The molecule has 0 N–H and O–H groups in total. The number of thiol groups is 1. The molecule has 0 bridgehead atoms. The summed E-state index contributed by atoms with van der Waals surface area (Å²) in [6.45, 7) is 5.01. The van der Waals surface area contributed by atoms with Crippen molar-refractivity contribution >= 4 is 18.5 Å². The van der Waals surface area contributed by atoms with Gasteiger partial charge in [-0.1, -0.05) is 0 Å². The standard InChI is InChI=1S/C8H15NOS/c1-6(2)9-4-7(5-11)3-8(9)10/h6-7,11H,3-5H2,1-2H3. The zero-order valence-electron chi connectivity index (χ0n) is 7.08. The Bertz CT molecular complexity index is 158. The molecule has 1 saturated heterocycles. The lowest BCUT2D eigenvalue weighted by Crippen LogP contribution is -2.32. The Morgan fingerprint density at radius 2 is 2.36 bits per heavy atom. The molecule has 0 aromatic carbocycles. The van der Waals surface area contributed by atoms with Crippen molar-refractivity contribution in [1.29, 1.82) is 0 Å². The third-order valence-corrected chi connectivity index (χ3v) is 2.64. The smallest absolute Gasteiger partial charge is 0.223 e. The van der Waals surface area contributed by atoms with Crippen LogP contribution < -0.4 is 0 Å². The van der Waals surface area contributed by atoms with Crippen molar-refractivity contribution in [3.8, 4) is 0 Å². The maximum atomic E-state index is 11.3. The summed E-state index contributed by atoms with van der Waals surface area (Å²) >= 11 is 4.19. The number of amides is 1. The normalized spacial score (nSPS) is 25.3. The molecule has 64 valence electrons. The fourth-order valence-electron chi connectivity index (χ4n) is 1.43. The minimum Gasteiger partial charge on any atom is -0.340 e. The fourth-order valence-corrected chi connectivity index (χ4v) is 1.67. The first kappa shape index (κ1) is 8.91. The van der Waals surface area contributed by atoms with Crippen LogP contribution in [0.15, 0.2) is 0 Å². The first-order valence-corrected chi connectivity index (χ1v) is 4.68. The summed E-state index contributed by atoms with van der Waals surface area (Å²) < 4.78 is 0. The molecule has 1 rings (SSSR count). The molecular weight excluding hydrogens is 158 g/mol. The molecule has 0 saturated carbocycles. The summed E-state index contributed by atoms with van der Waals surface area (Å²) in [5.41, 5.74) is 0. The Morgan fingerprint density at radius 3 is 2.64 bits per heavy atom. The zero-order chi connectivity index (χ0) is 8.43. The van der Waals surface area contributed by atoms with E-state index in [1.807, 2.05) is 4.90 Å². The molecule has 1 unspecified atom stereocenters. The highest BCUT2D eigenvalue weighted by atomic mass is 32.1. The molecular formula is C8H15NOS. The van der Waals surface area contributed by atoms with E-state index in [0.717, 1.165) is 12.3 Å². The lowest BCUT2D eigenvalue weighted by atomic mass is 10.1. The van der Waals surface area contributed by atoms with E-state index in [1.165, 1.54) is 0 Å². The molecule has 3 heteroatoms. The van der Waals surface area contributed by atoms with Crippen LogP contribution in [-0.4, -0.2) is 29.1 Å². The monoisotopic (exact) mass is 173 g/mol. The molecule has 1 atom stereocenters. The molecule has 0 aromatic heterocycles. The summed E-state index contributed by atoms with van der Waals surface area (Å²) in [5.74, 6) is 1.60. The van der Waals surface area contributed by atoms with E-state index in [-0.39, 0.29) is 0 Å². The van der Waals surface area contributed by atoms with E-state index in [1.54, 1.807) is 0 Å². The van der Waals surface area contributed by atoms with Gasteiger partial charge in [-0.25, -0.2) is 0 Å². The van der Waals surface area contributed by atoms with Gasteiger partial charge in [0.25, 0.3) is 0 Å². The van der Waals surface area contributed by atoms with Gasteiger partial charge in [-0.05, 0) is 25.5 Å². The van der Waals surface area contributed by atoms with Gasteiger partial charge in [0.15, 0.2) is 0 Å². The van der Waals surface area contributed by atoms with Crippen LogP contribution in [0.2, 0.25) is 0 Å². The predicted octanol–water partition coefficient (Wildman–Crippen LogP) is 1.17. The van der Waals surface area contributed by atoms with Crippen LogP contribution in [0.25, 0.3) is 0 Å². The highest BCUT2D eigenvalue weighted by Gasteiger charge is 2.29. The van der Waals surface area contributed by atoms with Crippen LogP contribution in [0, 0.1) is 5.92 Å². The third kappa shape index (κ3) is 1.89. The van der Waals surface area contributed by atoms with Crippen molar-refractivity contribution in [2.75, 3.05) is 12.3 Å². The van der Waals surface area contributed by atoms with Crippen LogP contribution in [-0.2, 0) is 4.79 Å². The summed E-state index contributed by atoms with van der Waals surface area (Å²) in [4.78, 5) is 13.2. The molecule has 0 aromatic rings. The van der Waals surface area contributed by atoms with Crippen molar-refractivity contribution in [1.82, 2.24) is 4.90 Å². The number of carbonyl (C=O) groups is 1. The SMILES string of the molecule is CC(C)N1CC(CS)CC1=O. The van der Waals surface area contributed by atoms with Gasteiger partial charge in [0.05, 0.1) is 0 Å². The highest BCUT2D eigenvalue weighted by Crippen LogP contribution is 2.20. The average molecular weight is 173 g/mol. The molecule has 1 aliphatic rings. The third-order valence-electron chi connectivity index (χ3n) is 2.12. The Labute approximate surface area is 73.4 Å². The van der Waals surface area contributed by atoms with E-state index >= 15 is 0 Å². The first-order chi connectivity index (χ1) is 5.15. The van der Waals surface area contributed by atoms with Crippen LogP contribution in [0.5, 0.6) is 0 Å². The van der Waals surface area contributed by atoms with Crippen molar-refractivity contribution < 1.29 is 4.79 Å². The van der Waals surface area contributed by atoms with E-state index < -0.39 is 0 Å². The number of nitrogens with zero attached hydrogens (tertiary/aromatic N) is 1. The quantitative estimate of drug-likeness (QED) is 0.622. The van der Waals surface area contributed by atoms with Gasteiger partial charge in [0.1, 0.15) is 0 Å². The molecule has 11 heavy (non-hydrogen) atoms. The first-order valence-electron chi connectivity index (χ1n) is 4.05. The molecule has 1 heterocycles. The van der Waals surface area contributed by atoms with E-state index in [0.29, 0.717) is 24.3 Å². The van der Waals surface area contributed by atoms with Crippen LogP contribution in [0.1, 0.15) is 20.3 Å². The van der Waals surface area contributed by atoms with Gasteiger partial charge in [0.2, 0.25) is 5.91 Å². The molecule has 0 radical (unpaired) electrons. The van der Waals surface area contributed by atoms with E-state index in [9.17, 15) is 4.79 Å². The second kappa shape index (κ2) is 3.48. The summed E-state index contributed by atoms with van der Waals surface area (Å²) in [6.07, 6.45) is 0.696. The maximum absolute atomic E-state index is 11.3. The van der Waals surface area contributed by atoms with Gasteiger partial charge in [0, 0.05) is 19.0 Å². The van der Waals surface area contributed by atoms with Crippen molar-refractivity contribution in [3.63, 3.8) is 0 Å².